The fourth-order valence-electron chi connectivity index (χ4n) is 3.28. The Bertz CT molecular complexity index is 977. The summed E-state index contributed by atoms with van der Waals surface area (Å²) in [4.78, 5) is 42.2. The molecule has 0 unspecified atom stereocenters. The molecule has 1 amide bonds. The Morgan fingerprint density at radius 3 is 2.41 bits per heavy atom. The lowest BCUT2D eigenvalue weighted by atomic mass is 10.1. The van der Waals surface area contributed by atoms with Gasteiger partial charge in [0.05, 0.1) is 10.6 Å². The summed E-state index contributed by atoms with van der Waals surface area (Å²) >= 11 is 0. The largest absolute Gasteiger partial charge is 0.478 e. The van der Waals surface area contributed by atoms with Gasteiger partial charge in [0, 0.05) is 43.8 Å². The zero-order valence-corrected chi connectivity index (χ0v) is 16.4. The summed E-state index contributed by atoms with van der Waals surface area (Å²) in [6.45, 7) is 6.77. The number of nitro groups is 1. The molecule has 154 valence electrons. The van der Waals surface area contributed by atoms with Gasteiger partial charge in [-0.3, -0.25) is 10.1 Å². The van der Waals surface area contributed by atoms with E-state index in [1.165, 1.54) is 12.1 Å². The van der Waals surface area contributed by atoms with Crippen LogP contribution in [0.25, 0.3) is 10.9 Å². The number of fused-ring (bicyclic) bond motifs is 1. The maximum atomic E-state index is 12.3. The lowest BCUT2D eigenvalue weighted by Crippen LogP contribution is -2.50. The standard InChI is InChI=1S/C19H22N4O6/c1-19(2,3)29-18(26)22-9-7-21(8-10-22)16-12-5-4-6-14(23(27)28)15(12)20-11-13(16)17(24)25/h4-6,11H,7-10H2,1-3H3,(H,24,25). The number of aromatic nitrogens is 1. The second kappa shape index (κ2) is 7.53. The Morgan fingerprint density at radius 2 is 1.86 bits per heavy atom. The van der Waals surface area contributed by atoms with Gasteiger partial charge < -0.3 is 19.6 Å². The molecule has 0 atom stereocenters. The molecule has 1 aliphatic rings. The van der Waals surface area contributed by atoms with E-state index in [9.17, 15) is 24.8 Å². The number of hydrogen-bond acceptors (Lipinski definition) is 7. The Balaban J connectivity index is 1.94. The number of para-hydroxylation sites is 1. The van der Waals surface area contributed by atoms with Crippen molar-refractivity contribution in [2.75, 3.05) is 31.1 Å². The third-order valence-corrected chi connectivity index (χ3v) is 4.52. The smallest absolute Gasteiger partial charge is 0.410 e. The van der Waals surface area contributed by atoms with E-state index < -0.39 is 22.6 Å². The molecule has 1 aliphatic heterocycles. The van der Waals surface area contributed by atoms with Gasteiger partial charge in [0.15, 0.2) is 0 Å². The number of benzene rings is 1. The third kappa shape index (κ3) is 4.20. The fraction of sp³-hybridized carbons (Fsp3) is 0.421. The van der Waals surface area contributed by atoms with Crippen LogP contribution in [-0.4, -0.2) is 63.8 Å². The molecule has 0 spiro atoms. The van der Waals surface area contributed by atoms with Crippen LogP contribution in [0.5, 0.6) is 0 Å². The molecule has 1 aromatic carbocycles. The minimum absolute atomic E-state index is 0.0382. The summed E-state index contributed by atoms with van der Waals surface area (Å²) in [5.74, 6) is -1.17. The van der Waals surface area contributed by atoms with E-state index in [1.54, 1.807) is 31.7 Å². The van der Waals surface area contributed by atoms with Gasteiger partial charge in [-0.25, -0.2) is 14.6 Å². The first-order valence-corrected chi connectivity index (χ1v) is 9.11. The Kier molecular flexibility index (Phi) is 5.27. The predicted molar refractivity (Wildman–Crippen MR) is 105 cm³/mol. The quantitative estimate of drug-likeness (QED) is 0.613. The number of amides is 1. The van der Waals surface area contributed by atoms with E-state index in [1.807, 2.05) is 4.90 Å². The zero-order valence-electron chi connectivity index (χ0n) is 16.4. The summed E-state index contributed by atoms with van der Waals surface area (Å²) < 4.78 is 5.38. The van der Waals surface area contributed by atoms with E-state index in [0.717, 1.165) is 6.20 Å². The molecule has 0 saturated carbocycles. The molecule has 10 heteroatoms. The van der Waals surface area contributed by atoms with Gasteiger partial charge in [0.1, 0.15) is 16.7 Å². The van der Waals surface area contributed by atoms with Crippen LogP contribution in [0, 0.1) is 10.1 Å². The Morgan fingerprint density at radius 1 is 1.21 bits per heavy atom. The van der Waals surface area contributed by atoms with Crippen molar-refractivity contribution in [3.8, 4) is 0 Å². The van der Waals surface area contributed by atoms with Gasteiger partial charge in [-0.2, -0.15) is 0 Å². The number of carbonyl (C=O) groups is 2. The van der Waals surface area contributed by atoms with Crippen LogP contribution in [0.4, 0.5) is 16.2 Å². The van der Waals surface area contributed by atoms with E-state index in [4.69, 9.17) is 4.74 Å². The number of carboxylic acids is 1. The van der Waals surface area contributed by atoms with Crippen molar-refractivity contribution in [2.45, 2.75) is 26.4 Å². The molecule has 1 aromatic heterocycles. The maximum absolute atomic E-state index is 12.3. The van der Waals surface area contributed by atoms with Crippen LogP contribution in [0.1, 0.15) is 31.1 Å². The van der Waals surface area contributed by atoms with Crippen LogP contribution in [0.15, 0.2) is 24.4 Å². The lowest BCUT2D eigenvalue weighted by molar-refractivity contribution is -0.383. The Labute approximate surface area is 166 Å². The van der Waals surface area contributed by atoms with Gasteiger partial charge in [-0.15, -0.1) is 0 Å². The van der Waals surface area contributed by atoms with Gasteiger partial charge >= 0.3 is 12.1 Å². The molecule has 2 aromatic rings. The van der Waals surface area contributed by atoms with Crippen molar-refractivity contribution < 1.29 is 24.4 Å². The highest BCUT2D eigenvalue weighted by Gasteiger charge is 2.29. The van der Waals surface area contributed by atoms with Crippen molar-refractivity contribution in [1.29, 1.82) is 0 Å². The Hall–Kier alpha value is -3.43. The number of ether oxygens (including phenoxy) is 1. The first-order chi connectivity index (χ1) is 13.6. The number of pyridine rings is 1. The number of carbonyl (C=O) groups excluding carboxylic acids is 1. The molecule has 1 N–H and O–H groups in total. The van der Waals surface area contributed by atoms with Crippen LogP contribution in [0.2, 0.25) is 0 Å². The van der Waals surface area contributed by atoms with Crippen molar-refractivity contribution in [3.63, 3.8) is 0 Å². The summed E-state index contributed by atoms with van der Waals surface area (Å²) in [5, 5.41) is 21.3. The number of carboxylic acid groups (broad SMARTS) is 1. The normalized spacial score (nSPS) is 14.7. The van der Waals surface area contributed by atoms with Crippen molar-refractivity contribution >= 4 is 34.3 Å². The molecule has 0 aliphatic carbocycles. The minimum atomic E-state index is -1.17. The molecule has 1 fully saturated rings. The topological polar surface area (TPSA) is 126 Å². The second-order valence-corrected chi connectivity index (χ2v) is 7.71. The number of non-ortho nitro benzene ring substituents is 1. The number of nitrogens with zero attached hydrogens (tertiary/aromatic N) is 4. The molecule has 1 saturated heterocycles. The molecule has 2 heterocycles. The van der Waals surface area contributed by atoms with Crippen LogP contribution < -0.4 is 4.90 Å². The second-order valence-electron chi connectivity index (χ2n) is 7.71. The lowest BCUT2D eigenvalue weighted by Gasteiger charge is -2.37. The minimum Gasteiger partial charge on any atom is -0.478 e. The van der Waals surface area contributed by atoms with Crippen LogP contribution >= 0.6 is 0 Å². The van der Waals surface area contributed by atoms with Crippen LogP contribution in [-0.2, 0) is 4.74 Å². The number of piperazine rings is 1. The predicted octanol–water partition coefficient (Wildman–Crippen LogP) is 2.90. The van der Waals surface area contributed by atoms with Crippen LogP contribution in [0.3, 0.4) is 0 Å². The van der Waals surface area contributed by atoms with E-state index in [2.05, 4.69) is 4.98 Å². The number of nitro benzene ring substituents is 1. The summed E-state index contributed by atoms with van der Waals surface area (Å²) in [5.41, 5.74) is -0.329. The molecule has 29 heavy (non-hydrogen) atoms. The highest BCUT2D eigenvalue weighted by atomic mass is 16.6. The molecule has 3 rings (SSSR count). The number of anilines is 1. The molecule has 0 radical (unpaired) electrons. The highest BCUT2D eigenvalue weighted by Crippen LogP contribution is 2.34. The average Bonchev–Trinajstić information content (AvgIpc) is 2.65. The van der Waals surface area contributed by atoms with Crippen molar-refractivity contribution in [1.82, 2.24) is 9.88 Å². The van der Waals surface area contributed by atoms with Gasteiger partial charge in [-0.05, 0) is 20.8 Å². The first-order valence-electron chi connectivity index (χ1n) is 9.11. The van der Waals surface area contributed by atoms with E-state index in [-0.39, 0.29) is 16.8 Å². The first kappa shape index (κ1) is 20.3. The SMILES string of the molecule is CC(C)(C)OC(=O)N1CCN(c2c(C(=O)O)cnc3c([N+](=O)[O-])cccc23)CC1. The molecular formula is C19H22N4O6. The number of rotatable bonds is 3. The summed E-state index contributed by atoms with van der Waals surface area (Å²) in [7, 11) is 0. The molecule has 0 bridgehead atoms. The van der Waals surface area contributed by atoms with E-state index in [0.29, 0.717) is 37.3 Å². The summed E-state index contributed by atoms with van der Waals surface area (Å²) in [6.07, 6.45) is 0.721. The summed E-state index contributed by atoms with van der Waals surface area (Å²) in [6, 6.07) is 4.46. The third-order valence-electron chi connectivity index (χ3n) is 4.52. The number of aromatic carboxylic acids is 1. The van der Waals surface area contributed by atoms with Gasteiger partial charge in [0.25, 0.3) is 5.69 Å². The molecule has 10 nitrogen and oxygen atoms in total. The zero-order chi connectivity index (χ0) is 21.3. The van der Waals surface area contributed by atoms with E-state index >= 15 is 0 Å². The monoisotopic (exact) mass is 402 g/mol. The van der Waals surface area contributed by atoms with Crippen molar-refractivity contribution in [2.24, 2.45) is 0 Å². The molecular weight excluding hydrogens is 380 g/mol. The average molecular weight is 402 g/mol. The fourth-order valence-corrected chi connectivity index (χ4v) is 3.28. The van der Waals surface area contributed by atoms with Gasteiger partial charge in [-0.1, -0.05) is 12.1 Å². The van der Waals surface area contributed by atoms with Gasteiger partial charge in [0.2, 0.25) is 0 Å². The highest BCUT2D eigenvalue weighted by molar-refractivity contribution is 6.06. The van der Waals surface area contributed by atoms with Crippen molar-refractivity contribution in [3.05, 3.63) is 40.1 Å². The number of hydrogen-bond donors (Lipinski definition) is 1. The maximum Gasteiger partial charge on any atom is 0.410 e.